The predicted molar refractivity (Wildman–Crippen MR) is 101 cm³/mol. The van der Waals surface area contributed by atoms with Crippen LogP contribution in [0, 0.1) is 0 Å². The minimum atomic E-state index is -0.943. The molecule has 134 valence electrons. The highest BCUT2D eigenvalue weighted by atomic mass is 16.5. The molecule has 1 aliphatic rings. The number of hydrogen-bond acceptors (Lipinski definition) is 5. The third kappa shape index (κ3) is 3.79. The van der Waals surface area contributed by atoms with Crippen LogP contribution in [0.5, 0.6) is 5.75 Å². The maximum atomic E-state index is 12.1. The first-order chi connectivity index (χ1) is 12.4. The average molecular weight is 350 g/mol. The standard InChI is InChI=1S/C20H22N4O2/c1-20(2)12-13-7-4-5-10-16(13)17(22-20)18(19(21)25)24-23-14-8-6-9-15(11-14)26-3/h4-11,18H,12H2,1-3H3,(H2,21,25). The van der Waals surface area contributed by atoms with E-state index in [4.69, 9.17) is 15.5 Å². The second kappa shape index (κ2) is 7.07. The summed E-state index contributed by atoms with van der Waals surface area (Å²) in [5.41, 5.74) is 8.49. The summed E-state index contributed by atoms with van der Waals surface area (Å²) in [6, 6.07) is 14.1. The van der Waals surface area contributed by atoms with E-state index in [2.05, 4.69) is 10.2 Å². The van der Waals surface area contributed by atoms with E-state index in [-0.39, 0.29) is 5.54 Å². The van der Waals surface area contributed by atoms with Crippen LogP contribution in [0.2, 0.25) is 0 Å². The van der Waals surface area contributed by atoms with E-state index in [1.54, 1.807) is 19.2 Å². The van der Waals surface area contributed by atoms with Crippen molar-refractivity contribution in [1.82, 2.24) is 0 Å². The zero-order valence-corrected chi connectivity index (χ0v) is 15.1. The van der Waals surface area contributed by atoms with Crippen molar-refractivity contribution in [2.45, 2.75) is 31.8 Å². The molecular formula is C20H22N4O2. The minimum absolute atomic E-state index is 0.330. The van der Waals surface area contributed by atoms with Gasteiger partial charge in [0.1, 0.15) is 5.75 Å². The fourth-order valence-corrected chi connectivity index (χ4v) is 3.07. The zero-order chi connectivity index (χ0) is 18.7. The van der Waals surface area contributed by atoms with Gasteiger partial charge in [-0.15, -0.1) is 0 Å². The Balaban J connectivity index is 2.00. The highest BCUT2D eigenvalue weighted by Gasteiger charge is 2.33. The van der Waals surface area contributed by atoms with Crippen molar-refractivity contribution >= 4 is 17.3 Å². The number of primary amides is 1. The lowest BCUT2D eigenvalue weighted by Crippen LogP contribution is -2.40. The SMILES string of the molecule is COc1cccc(N=NC(C(N)=O)C2=NC(C)(C)Cc3ccccc32)c1. The van der Waals surface area contributed by atoms with Crippen molar-refractivity contribution in [1.29, 1.82) is 0 Å². The zero-order valence-electron chi connectivity index (χ0n) is 15.1. The van der Waals surface area contributed by atoms with E-state index in [0.717, 1.165) is 17.5 Å². The second-order valence-corrected chi connectivity index (χ2v) is 6.87. The van der Waals surface area contributed by atoms with Crippen LogP contribution >= 0.6 is 0 Å². The molecule has 1 aliphatic heterocycles. The number of benzene rings is 2. The average Bonchev–Trinajstić information content (AvgIpc) is 2.60. The lowest BCUT2D eigenvalue weighted by molar-refractivity contribution is -0.117. The van der Waals surface area contributed by atoms with Gasteiger partial charge < -0.3 is 10.5 Å². The quantitative estimate of drug-likeness (QED) is 0.837. The number of methoxy groups -OCH3 is 1. The topological polar surface area (TPSA) is 89.4 Å². The van der Waals surface area contributed by atoms with E-state index in [1.807, 2.05) is 50.2 Å². The summed E-state index contributed by atoms with van der Waals surface area (Å²) < 4.78 is 5.18. The van der Waals surface area contributed by atoms with Crippen LogP contribution in [0.25, 0.3) is 0 Å². The third-order valence-corrected chi connectivity index (χ3v) is 4.21. The van der Waals surface area contributed by atoms with Gasteiger partial charge in [0.05, 0.1) is 24.0 Å². The summed E-state index contributed by atoms with van der Waals surface area (Å²) in [5, 5.41) is 8.42. The Bertz CT molecular complexity index is 887. The Hall–Kier alpha value is -3.02. The van der Waals surface area contributed by atoms with E-state index < -0.39 is 11.9 Å². The molecule has 0 bridgehead atoms. The molecule has 3 rings (SSSR count). The molecule has 0 spiro atoms. The van der Waals surface area contributed by atoms with Gasteiger partial charge >= 0.3 is 0 Å². The molecule has 0 radical (unpaired) electrons. The molecule has 0 saturated heterocycles. The predicted octanol–water partition coefficient (Wildman–Crippen LogP) is 3.46. The Labute approximate surface area is 152 Å². The van der Waals surface area contributed by atoms with Crippen LogP contribution in [0.1, 0.15) is 25.0 Å². The van der Waals surface area contributed by atoms with Crippen LogP contribution in [0.15, 0.2) is 63.8 Å². The highest BCUT2D eigenvalue weighted by Crippen LogP contribution is 2.29. The summed E-state index contributed by atoms with van der Waals surface area (Å²) in [4.78, 5) is 16.9. The van der Waals surface area contributed by atoms with Crippen LogP contribution < -0.4 is 10.5 Å². The van der Waals surface area contributed by atoms with E-state index in [1.165, 1.54) is 0 Å². The van der Waals surface area contributed by atoms with Crippen LogP contribution in [0.4, 0.5) is 5.69 Å². The summed E-state index contributed by atoms with van der Waals surface area (Å²) in [6.45, 7) is 4.06. The van der Waals surface area contributed by atoms with Crippen molar-refractivity contribution in [2.24, 2.45) is 21.0 Å². The number of aliphatic imine (C=N–C) groups is 1. The molecule has 26 heavy (non-hydrogen) atoms. The van der Waals surface area contributed by atoms with E-state index >= 15 is 0 Å². The molecule has 1 heterocycles. The van der Waals surface area contributed by atoms with Crippen molar-refractivity contribution in [3.63, 3.8) is 0 Å². The molecule has 6 nitrogen and oxygen atoms in total. The van der Waals surface area contributed by atoms with Crippen molar-refractivity contribution in [3.8, 4) is 5.75 Å². The number of nitrogens with two attached hydrogens (primary N) is 1. The molecule has 1 atom stereocenters. The first-order valence-electron chi connectivity index (χ1n) is 8.42. The van der Waals surface area contributed by atoms with E-state index in [0.29, 0.717) is 17.1 Å². The first kappa shape index (κ1) is 17.8. The van der Waals surface area contributed by atoms with Gasteiger partial charge in [-0.1, -0.05) is 30.3 Å². The Morgan fingerprint density at radius 2 is 2.00 bits per heavy atom. The summed E-state index contributed by atoms with van der Waals surface area (Å²) in [6.07, 6.45) is 0.797. The molecule has 0 fully saturated rings. The molecule has 1 amide bonds. The second-order valence-electron chi connectivity index (χ2n) is 6.87. The van der Waals surface area contributed by atoms with Gasteiger partial charge in [0.15, 0.2) is 6.04 Å². The van der Waals surface area contributed by atoms with Gasteiger partial charge in [-0.2, -0.15) is 10.2 Å². The van der Waals surface area contributed by atoms with Crippen molar-refractivity contribution in [2.75, 3.05) is 7.11 Å². The summed E-state index contributed by atoms with van der Waals surface area (Å²) in [7, 11) is 1.58. The van der Waals surface area contributed by atoms with Crippen molar-refractivity contribution in [3.05, 3.63) is 59.7 Å². The molecule has 0 saturated carbocycles. The third-order valence-electron chi connectivity index (χ3n) is 4.21. The molecule has 2 N–H and O–H groups in total. The number of hydrogen-bond donors (Lipinski definition) is 1. The number of azo groups is 1. The molecule has 2 aromatic rings. The van der Waals surface area contributed by atoms with Crippen LogP contribution in [-0.2, 0) is 11.2 Å². The van der Waals surface area contributed by atoms with Gasteiger partial charge in [-0.3, -0.25) is 9.79 Å². The Morgan fingerprint density at radius 1 is 1.23 bits per heavy atom. The number of amides is 1. The van der Waals surface area contributed by atoms with Gasteiger partial charge in [0, 0.05) is 11.6 Å². The minimum Gasteiger partial charge on any atom is -0.497 e. The largest absolute Gasteiger partial charge is 0.497 e. The maximum absolute atomic E-state index is 12.1. The number of carbonyl (C=O) groups is 1. The molecule has 0 aromatic heterocycles. The van der Waals surface area contributed by atoms with E-state index in [9.17, 15) is 4.79 Å². The van der Waals surface area contributed by atoms with Crippen molar-refractivity contribution < 1.29 is 9.53 Å². The van der Waals surface area contributed by atoms with Gasteiger partial charge in [0.25, 0.3) is 0 Å². The normalized spacial score (nSPS) is 16.7. The number of ether oxygens (including phenoxy) is 1. The number of fused-ring (bicyclic) bond motifs is 1. The number of nitrogens with zero attached hydrogens (tertiary/aromatic N) is 3. The Kier molecular flexibility index (Phi) is 4.84. The summed E-state index contributed by atoms with van der Waals surface area (Å²) >= 11 is 0. The molecule has 1 unspecified atom stereocenters. The number of carbonyl (C=O) groups excluding carboxylic acids is 1. The molecular weight excluding hydrogens is 328 g/mol. The lowest BCUT2D eigenvalue weighted by atomic mass is 9.85. The lowest BCUT2D eigenvalue weighted by Gasteiger charge is -2.30. The monoisotopic (exact) mass is 350 g/mol. The van der Waals surface area contributed by atoms with Gasteiger partial charge in [0.2, 0.25) is 5.91 Å². The summed E-state index contributed by atoms with van der Waals surface area (Å²) in [5.74, 6) is 0.0847. The van der Waals surface area contributed by atoms with Crippen LogP contribution in [-0.4, -0.2) is 30.3 Å². The number of rotatable bonds is 5. The Morgan fingerprint density at radius 3 is 2.73 bits per heavy atom. The molecule has 0 aliphatic carbocycles. The van der Waals surface area contributed by atoms with Gasteiger partial charge in [-0.05, 0) is 38.0 Å². The first-order valence-corrected chi connectivity index (χ1v) is 8.42. The molecule has 6 heteroatoms. The fourth-order valence-electron chi connectivity index (χ4n) is 3.07. The maximum Gasteiger partial charge on any atom is 0.250 e. The smallest absolute Gasteiger partial charge is 0.250 e. The highest BCUT2D eigenvalue weighted by molar-refractivity contribution is 6.17. The van der Waals surface area contributed by atoms with Gasteiger partial charge in [-0.25, -0.2) is 0 Å². The molecule has 2 aromatic carbocycles. The fraction of sp³-hybridized carbons (Fsp3) is 0.300. The van der Waals surface area contributed by atoms with Crippen LogP contribution in [0.3, 0.4) is 0 Å².